The molecule has 4 aromatic rings. The topological polar surface area (TPSA) is 29.1 Å². The number of rotatable bonds is 6. The van der Waals surface area contributed by atoms with Gasteiger partial charge in [-0.25, -0.2) is 4.39 Å². The molecule has 0 heterocycles. The van der Waals surface area contributed by atoms with Gasteiger partial charge in [0.15, 0.2) is 5.16 Å². The van der Waals surface area contributed by atoms with E-state index in [1.807, 2.05) is 32.0 Å². The molecule has 1 N–H and O–H groups in total. The first kappa shape index (κ1) is 22.5. The highest BCUT2D eigenvalue weighted by Crippen LogP contribution is 2.75. The molecule has 0 unspecified atom stereocenters. The highest BCUT2D eigenvalue weighted by molar-refractivity contribution is 7.97. The van der Waals surface area contributed by atoms with E-state index in [2.05, 4.69) is 78.1 Å². The number of aryl methyl sites for hydroxylation is 2. The molecule has 1 aliphatic carbocycles. The summed E-state index contributed by atoms with van der Waals surface area (Å²) in [4.78, 5) is 14.3. The molecule has 4 heteroatoms. The van der Waals surface area contributed by atoms with E-state index in [0.717, 1.165) is 24.0 Å². The standard InChI is InChI=1S/C30H27FNOP/c1-22-20-24(31)21-23(2)28(22)32-29(33)30(18-19-30)34(25-12-6-3-7-13-25,26-14-8-4-9-15-26)27-16-10-5-11-17-27/h3-17,20-21H,18-19H2,1-2H3/p+1. The lowest BCUT2D eigenvalue weighted by Gasteiger charge is -2.34. The molecular weight excluding hydrogens is 440 g/mol. The van der Waals surface area contributed by atoms with Gasteiger partial charge in [0.2, 0.25) is 0 Å². The Kier molecular flexibility index (Phi) is 5.83. The summed E-state index contributed by atoms with van der Waals surface area (Å²) in [5.74, 6) is -0.260. The maximum atomic E-state index is 14.3. The molecule has 1 fully saturated rings. The second-order valence-corrected chi connectivity index (χ2v) is 12.8. The minimum Gasteiger partial charge on any atom is -0.322 e. The summed E-state index contributed by atoms with van der Waals surface area (Å²) in [5, 5.41) is 6.28. The minimum absolute atomic E-state index is 0.0233. The SMILES string of the molecule is Cc1cc(F)cc(C)c1NC(=O)C1([P+](c2ccccc2)(c2ccccc2)c2ccccc2)CC1. The molecule has 0 spiro atoms. The van der Waals surface area contributed by atoms with Gasteiger partial charge in [-0.2, -0.15) is 0 Å². The summed E-state index contributed by atoms with van der Waals surface area (Å²) in [5.41, 5.74) is 2.19. The lowest BCUT2D eigenvalue weighted by molar-refractivity contribution is -0.116. The lowest BCUT2D eigenvalue weighted by atomic mass is 10.1. The van der Waals surface area contributed by atoms with Crippen molar-refractivity contribution in [1.29, 1.82) is 0 Å². The summed E-state index contributed by atoms with van der Waals surface area (Å²) >= 11 is 0. The number of amides is 1. The number of nitrogens with one attached hydrogen (secondary N) is 1. The Balaban J connectivity index is 1.74. The summed E-state index contributed by atoms with van der Waals surface area (Å²) in [6.07, 6.45) is 1.62. The Labute approximate surface area is 201 Å². The van der Waals surface area contributed by atoms with Crippen LogP contribution in [-0.4, -0.2) is 11.1 Å². The van der Waals surface area contributed by atoms with Gasteiger partial charge in [0, 0.05) is 18.5 Å². The molecule has 1 amide bonds. The number of hydrogen-bond donors (Lipinski definition) is 1. The number of carbonyl (C=O) groups is 1. The van der Waals surface area contributed by atoms with Crippen LogP contribution in [0.1, 0.15) is 24.0 Å². The normalized spacial score (nSPS) is 14.4. The van der Waals surface area contributed by atoms with Crippen LogP contribution in [0.3, 0.4) is 0 Å². The molecule has 170 valence electrons. The molecule has 34 heavy (non-hydrogen) atoms. The Morgan fingerprint density at radius 3 is 1.47 bits per heavy atom. The number of halogens is 1. The van der Waals surface area contributed by atoms with Gasteiger partial charge >= 0.3 is 0 Å². The average Bonchev–Trinajstić information content (AvgIpc) is 3.66. The van der Waals surface area contributed by atoms with Gasteiger partial charge in [0.25, 0.3) is 5.91 Å². The zero-order chi connectivity index (χ0) is 23.8. The summed E-state index contributed by atoms with van der Waals surface area (Å²) in [6, 6.07) is 34.5. The van der Waals surface area contributed by atoms with Crippen LogP contribution >= 0.6 is 7.26 Å². The van der Waals surface area contributed by atoms with Crippen LogP contribution in [0.2, 0.25) is 0 Å². The van der Waals surface area contributed by atoms with E-state index in [0.29, 0.717) is 5.69 Å². The van der Waals surface area contributed by atoms with Gasteiger partial charge in [-0.15, -0.1) is 0 Å². The van der Waals surface area contributed by atoms with Crippen LogP contribution in [0.25, 0.3) is 0 Å². The van der Waals surface area contributed by atoms with Crippen molar-refractivity contribution in [2.24, 2.45) is 0 Å². The maximum absolute atomic E-state index is 14.3. The first-order chi connectivity index (χ1) is 16.5. The Morgan fingerprint density at radius 1 is 0.735 bits per heavy atom. The molecule has 1 aliphatic rings. The van der Waals surface area contributed by atoms with E-state index in [-0.39, 0.29) is 11.7 Å². The molecule has 0 radical (unpaired) electrons. The van der Waals surface area contributed by atoms with E-state index < -0.39 is 12.4 Å². The van der Waals surface area contributed by atoms with Crippen molar-refractivity contribution in [2.75, 3.05) is 5.32 Å². The van der Waals surface area contributed by atoms with Gasteiger partial charge in [0.1, 0.15) is 29.0 Å². The molecule has 4 aromatic carbocycles. The fourth-order valence-electron chi connectivity index (χ4n) is 5.31. The van der Waals surface area contributed by atoms with Crippen LogP contribution in [-0.2, 0) is 4.79 Å². The molecule has 2 nitrogen and oxygen atoms in total. The van der Waals surface area contributed by atoms with Crippen molar-refractivity contribution in [2.45, 2.75) is 31.8 Å². The predicted octanol–water partition coefficient (Wildman–Crippen LogP) is 5.91. The van der Waals surface area contributed by atoms with Crippen LogP contribution in [0.4, 0.5) is 10.1 Å². The van der Waals surface area contributed by atoms with Crippen molar-refractivity contribution in [3.05, 3.63) is 120 Å². The highest BCUT2D eigenvalue weighted by atomic mass is 31.2. The van der Waals surface area contributed by atoms with E-state index in [1.165, 1.54) is 28.0 Å². The van der Waals surface area contributed by atoms with Crippen LogP contribution in [0.5, 0.6) is 0 Å². The maximum Gasteiger partial charge on any atom is 0.269 e. The molecule has 0 bridgehead atoms. The quantitative estimate of drug-likeness (QED) is 0.351. The van der Waals surface area contributed by atoms with E-state index in [9.17, 15) is 9.18 Å². The fraction of sp³-hybridized carbons (Fsp3) is 0.167. The van der Waals surface area contributed by atoms with E-state index in [4.69, 9.17) is 0 Å². The third-order valence-corrected chi connectivity index (χ3v) is 12.1. The van der Waals surface area contributed by atoms with Crippen molar-refractivity contribution >= 4 is 34.8 Å². The zero-order valence-corrected chi connectivity index (χ0v) is 20.4. The van der Waals surface area contributed by atoms with Gasteiger partial charge in [-0.05, 0) is 73.5 Å². The van der Waals surface area contributed by atoms with Gasteiger partial charge in [-0.3, -0.25) is 4.79 Å². The largest absolute Gasteiger partial charge is 0.322 e. The van der Waals surface area contributed by atoms with Crippen LogP contribution in [0, 0.1) is 19.7 Å². The Hall–Kier alpha value is -3.29. The smallest absolute Gasteiger partial charge is 0.269 e. The van der Waals surface area contributed by atoms with Gasteiger partial charge in [-0.1, -0.05) is 54.6 Å². The summed E-state index contributed by atoms with van der Waals surface area (Å²) < 4.78 is 13.9. The van der Waals surface area contributed by atoms with Gasteiger partial charge < -0.3 is 5.32 Å². The molecule has 5 rings (SSSR count). The lowest BCUT2D eigenvalue weighted by Crippen LogP contribution is -2.46. The summed E-state index contributed by atoms with van der Waals surface area (Å²) in [7, 11) is -2.36. The molecular formula is C30H28FNOP+. The monoisotopic (exact) mass is 468 g/mol. The zero-order valence-electron chi connectivity index (χ0n) is 19.5. The van der Waals surface area contributed by atoms with Crippen molar-refractivity contribution in [3.63, 3.8) is 0 Å². The number of anilines is 1. The first-order valence-corrected chi connectivity index (χ1v) is 13.4. The van der Waals surface area contributed by atoms with Crippen LogP contribution < -0.4 is 21.2 Å². The van der Waals surface area contributed by atoms with Crippen molar-refractivity contribution < 1.29 is 9.18 Å². The third-order valence-electron chi connectivity index (χ3n) is 6.95. The second kappa shape index (κ2) is 8.81. The van der Waals surface area contributed by atoms with E-state index >= 15 is 0 Å². The number of carbonyl (C=O) groups excluding carboxylic acids is 1. The molecule has 0 aliphatic heterocycles. The van der Waals surface area contributed by atoms with Crippen molar-refractivity contribution in [1.82, 2.24) is 0 Å². The molecule has 0 aromatic heterocycles. The minimum atomic E-state index is -2.36. The molecule has 0 atom stereocenters. The first-order valence-electron chi connectivity index (χ1n) is 11.6. The van der Waals surface area contributed by atoms with E-state index in [1.54, 1.807) is 0 Å². The Morgan fingerprint density at radius 2 is 1.12 bits per heavy atom. The molecule has 0 saturated heterocycles. The number of hydrogen-bond acceptors (Lipinski definition) is 1. The van der Waals surface area contributed by atoms with Crippen LogP contribution in [0.15, 0.2) is 103 Å². The predicted molar refractivity (Wildman–Crippen MR) is 142 cm³/mol. The third kappa shape index (κ3) is 3.56. The Bertz CT molecular complexity index is 1200. The fourth-order valence-corrected chi connectivity index (χ4v) is 10.7. The average molecular weight is 469 g/mol. The molecule has 1 saturated carbocycles. The number of benzene rings is 4. The highest BCUT2D eigenvalue weighted by Gasteiger charge is 2.73. The summed E-state index contributed by atoms with van der Waals surface area (Å²) in [6.45, 7) is 3.69. The van der Waals surface area contributed by atoms with Crippen molar-refractivity contribution in [3.8, 4) is 0 Å². The second-order valence-electron chi connectivity index (χ2n) is 9.08. The van der Waals surface area contributed by atoms with Gasteiger partial charge in [0.05, 0.1) is 0 Å².